The molecule has 1 aliphatic rings. The van der Waals surface area contributed by atoms with Crippen LogP contribution in [0.1, 0.15) is 18.6 Å². The van der Waals surface area contributed by atoms with Gasteiger partial charge in [0.05, 0.1) is 7.11 Å². The van der Waals surface area contributed by atoms with E-state index in [1.165, 1.54) is 6.08 Å². The molecule has 0 spiro atoms. The van der Waals surface area contributed by atoms with Crippen molar-refractivity contribution in [1.82, 2.24) is 0 Å². The third kappa shape index (κ3) is 2.31. The van der Waals surface area contributed by atoms with E-state index in [0.29, 0.717) is 5.56 Å². The summed E-state index contributed by atoms with van der Waals surface area (Å²) in [4.78, 5) is 11.1. The number of rotatable bonds is 3. The molecule has 1 heterocycles. The molecule has 1 N–H and O–H groups in total. The van der Waals surface area contributed by atoms with Crippen molar-refractivity contribution in [1.29, 1.82) is 0 Å². The minimum Gasteiger partial charge on any atom is -0.497 e. The highest BCUT2D eigenvalue weighted by Crippen LogP contribution is 2.29. The summed E-state index contributed by atoms with van der Waals surface area (Å²) in [5.74, 6) is 0.316. The van der Waals surface area contributed by atoms with E-state index in [-0.39, 0.29) is 0 Å². The van der Waals surface area contributed by atoms with Crippen LogP contribution < -0.4 is 4.74 Å². The van der Waals surface area contributed by atoms with Gasteiger partial charge in [-0.25, -0.2) is 4.79 Å². The first-order valence-corrected chi connectivity index (χ1v) is 5.32. The molecule has 1 aromatic carbocycles. The number of hydrogen-bond acceptors (Lipinski definition) is 4. The molecule has 0 amide bonds. The van der Waals surface area contributed by atoms with Gasteiger partial charge < -0.3 is 14.6 Å². The van der Waals surface area contributed by atoms with E-state index in [1.54, 1.807) is 38.3 Å². The van der Waals surface area contributed by atoms with Gasteiger partial charge in [-0.15, -0.1) is 0 Å². The van der Waals surface area contributed by atoms with Crippen LogP contribution >= 0.6 is 0 Å². The molecule has 0 saturated carbocycles. The van der Waals surface area contributed by atoms with Crippen molar-refractivity contribution in [2.75, 3.05) is 7.11 Å². The lowest BCUT2D eigenvalue weighted by molar-refractivity contribution is -0.143. The molecule has 0 unspecified atom stereocenters. The fourth-order valence-electron chi connectivity index (χ4n) is 1.81. The van der Waals surface area contributed by atoms with Gasteiger partial charge >= 0.3 is 5.97 Å². The Morgan fingerprint density at radius 2 is 2.00 bits per heavy atom. The Morgan fingerprint density at radius 3 is 2.47 bits per heavy atom. The predicted molar refractivity (Wildman–Crippen MR) is 61.6 cm³/mol. The van der Waals surface area contributed by atoms with Gasteiger partial charge in [-0.1, -0.05) is 12.1 Å². The largest absolute Gasteiger partial charge is 0.497 e. The predicted octanol–water partition coefficient (Wildman–Crippen LogP) is 1.60. The van der Waals surface area contributed by atoms with Gasteiger partial charge in [0.2, 0.25) is 0 Å². The van der Waals surface area contributed by atoms with Gasteiger partial charge in [0.25, 0.3) is 0 Å². The summed E-state index contributed by atoms with van der Waals surface area (Å²) < 4.78 is 10.1. The molecule has 0 fully saturated rings. The van der Waals surface area contributed by atoms with Crippen molar-refractivity contribution in [3.8, 4) is 5.75 Å². The number of ether oxygens (including phenoxy) is 2. The van der Waals surface area contributed by atoms with Crippen LogP contribution in [-0.2, 0) is 9.53 Å². The molecule has 4 heteroatoms. The van der Waals surface area contributed by atoms with Crippen LogP contribution in [0.2, 0.25) is 0 Å². The highest BCUT2D eigenvalue weighted by molar-refractivity contribution is 5.85. The fraction of sp³-hybridized carbons (Fsp3) is 0.308. The molecule has 1 aromatic rings. The van der Waals surface area contributed by atoms with Crippen LogP contribution in [0.15, 0.2) is 35.9 Å². The molecule has 0 radical (unpaired) electrons. The molecule has 0 bridgehead atoms. The summed E-state index contributed by atoms with van der Waals surface area (Å²) in [6, 6.07) is 7.02. The van der Waals surface area contributed by atoms with Crippen LogP contribution in [-0.4, -0.2) is 24.3 Å². The molecular formula is C13H14O4. The smallest absolute Gasteiger partial charge is 0.331 e. The van der Waals surface area contributed by atoms with E-state index in [4.69, 9.17) is 9.47 Å². The maximum atomic E-state index is 11.1. The van der Waals surface area contributed by atoms with Gasteiger partial charge in [-0.05, 0) is 30.2 Å². The van der Waals surface area contributed by atoms with Gasteiger partial charge in [0, 0.05) is 6.08 Å². The maximum absolute atomic E-state index is 11.1. The van der Waals surface area contributed by atoms with Crippen LogP contribution in [0, 0.1) is 0 Å². The van der Waals surface area contributed by atoms with E-state index in [0.717, 1.165) is 11.3 Å². The lowest BCUT2D eigenvalue weighted by Gasteiger charge is -2.19. The van der Waals surface area contributed by atoms with Crippen LogP contribution in [0.25, 0.3) is 0 Å². The highest BCUT2D eigenvalue weighted by atomic mass is 16.6. The van der Waals surface area contributed by atoms with Crippen molar-refractivity contribution >= 4 is 5.97 Å². The summed E-state index contributed by atoms with van der Waals surface area (Å²) in [6.07, 6.45) is -0.0308. The number of carbonyl (C=O) groups excluding carboxylic acids is 1. The van der Waals surface area contributed by atoms with Crippen molar-refractivity contribution in [2.24, 2.45) is 0 Å². The lowest BCUT2D eigenvalue weighted by atomic mass is 10.00. The summed E-state index contributed by atoms with van der Waals surface area (Å²) in [5.41, 5.74) is 1.43. The molecule has 0 saturated heterocycles. The van der Waals surface area contributed by atoms with E-state index in [1.807, 2.05) is 0 Å². The summed E-state index contributed by atoms with van der Waals surface area (Å²) >= 11 is 0. The van der Waals surface area contributed by atoms with E-state index in [2.05, 4.69) is 0 Å². The Balaban J connectivity index is 2.17. The van der Waals surface area contributed by atoms with E-state index < -0.39 is 18.2 Å². The van der Waals surface area contributed by atoms with Crippen molar-refractivity contribution in [3.63, 3.8) is 0 Å². The monoisotopic (exact) mass is 234 g/mol. The average molecular weight is 234 g/mol. The molecule has 17 heavy (non-hydrogen) atoms. The summed E-state index contributed by atoms with van der Waals surface area (Å²) in [7, 11) is 1.58. The number of aliphatic hydroxyl groups excluding tert-OH is 1. The third-order valence-corrected chi connectivity index (χ3v) is 2.78. The second-order valence-corrected chi connectivity index (χ2v) is 3.96. The van der Waals surface area contributed by atoms with E-state index in [9.17, 15) is 9.90 Å². The molecular weight excluding hydrogens is 220 g/mol. The Morgan fingerprint density at radius 1 is 1.35 bits per heavy atom. The van der Waals surface area contributed by atoms with Crippen molar-refractivity contribution in [2.45, 2.75) is 19.1 Å². The van der Waals surface area contributed by atoms with Crippen molar-refractivity contribution in [3.05, 3.63) is 41.5 Å². The van der Waals surface area contributed by atoms with Crippen LogP contribution in [0.4, 0.5) is 0 Å². The number of methoxy groups -OCH3 is 1. The van der Waals surface area contributed by atoms with Crippen molar-refractivity contribution < 1.29 is 19.4 Å². The number of carbonyl (C=O) groups is 1. The first-order valence-electron chi connectivity index (χ1n) is 5.32. The zero-order chi connectivity index (χ0) is 12.4. The Bertz CT molecular complexity index is 447. The number of esters is 1. The number of hydrogen-bond donors (Lipinski definition) is 1. The number of cyclic esters (lactones) is 1. The minimum atomic E-state index is -0.844. The first kappa shape index (κ1) is 11.7. The van der Waals surface area contributed by atoms with Gasteiger partial charge in [-0.3, -0.25) is 0 Å². The average Bonchev–Trinajstić information content (AvgIpc) is 2.68. The number of benzene rings is 1. The SMILES string of the molecule is COc1ccc([C@@H](O)[C@H]2OC(=O)C=C2C)cc1. The standard InChI is InChI=1S/C13H14O4/c1-8-7-11(14)17-13(8)12(15)9-3-5-10(16-2)6-4-9/h3-7,12-13,15H,1-2H3/t12-,13+/m1/s1. The summed E-state index contributed by atoms with van der Waals surface area (Å²) in [6.45, 7) is 1.77. The third-order valence-electron chi connectivity index (χ3n) is 2.78. The first-order chi connectivity index (χ1) is 8.11. The fourth-order valence-corrected chi connectivity index (χ4v) is 1.81. The van der Waals surface area contributed by atoms with Gasteiger partial charge in [-0.2, -0.15) is 0 Å². The molecule has 1 aliphatic heterocycles. The van der Waals surface area contributed by atoms with Crippen LogP contribution in [0.5, 0.6) is 5.75 Å². The lowest BCUT2D eigenvalue weighted by Crippen LogP contribution is -2.20. The Labute approximate surface area is 99.5 Å². The normalized spacial score (nSPS) is 20.8. The molecule has 90 valence electrons. The highest BCUT2D eigenvalue weighted by Gasteiger charge is 2.30. The molecule has 2 rings (SSSR count). The quantitative estimate of drug-likeness (QED) is 0.807. The van der Waals surface area contributed by atoms with Gasteiger partial charge in [0.15, 0.2) is 6.10 Å². The molecule has 0 aromatic heterocycles. The van der Waals surface area contributed by atoms with E-state index >= 15 is 0 Å². The zero-order valence-corrected chi connectivity index (χ0v) is 9.71. The second-order valence-electron chi connectivity index (χ2n) is 3.96. The summed E-state index contributed by atoms with van der Waals surface area (Å²) in [5, 5.41) is 10.1. The molecule has 4 nitrogen and oxygen atoms in total. The van der Waals surface area contributed by atoms with Crippen LogP contribution in [0.3, 0.4) is 0 Å². The number of aliphatic hydroxyl groups is 1. The molecule has 0 aliphatic carbocycles. The minimum absolute atomic E-state index is 0.403. The zero-order valence-electron chi connectivity index (χ0n) is 9.71. The molecule has 2 atom stereocenters. The Hall–Kier alpha value is -1.81. The Kier molecular flexibility index (Phi) is 3.15. The topological polar surface area (TPSA) is 55.8 Å². The maximum Gasteiger partial charge on any atom is 0.331 e. The second kappa shape index (κ2) is 4.59. The van der Waals surface area contributed by atoms with Gasteiger partial charge in [0.1, 0.15) is 11.9 Å².